The smallest absolute Gasteiger partial charge is 0.231 e. The molecule has 0 radical (unpaired) electrons. The first kappa shape index (κ1) is 13.2. The normalized spacial score (nSPS) is 15.1. The summed E-state index contributed by atoms with van der Waals surface area (Å²) in [5.74, 6) is 1.69. The van der Waals surface area contributed by atoms with E-state index in [-0.39, 0.29) is 0 Å². The molecule has 0 aliphatic carbocycles. The molecule has 0 spiro atoms. The molecule has 0 unspecified atom stereocenters. The molecule has 4 heteroatoms. The molecule has 2 aromatic carbocycles. The van der Waals surface area contributed by atoms with Crippen molar-refractivity contribution in [1.82, 2.24) is 10.3 Å². The topological polar surface area (TPSA) is 46.3 Å². The maximum absolute atomic E-state index is 5.08. The Morgan fingerprint density at radius 1 is 0.864 bits per heavy atom. The number of H-pyrrole nitrogens is 1. The lowest BCUT2D eigenvalue weighted by atomic mass is 10.1. The van der Waals surface area contributed by atoms with Crippen LogP contribution in [0.5, 0.6) is 11.5 Å². The van der Waals surface area contributed by atoms with Crippen molar-refractivity contribution < 1.29 is 9.47 Å². The number of nitrogens with one attached hydrogen (secondary N) is 2. The molecule has 22 heavy (non-hydrogen) atoms. The first-order valence-corrected chi connectivity index (χ1v) is 7.55. The van der Waals surface area contributed by atoms with Crippen LogP contribution in [0.2, 0.25) is 0 Å². The molecule has 0 saturated carbocycles. The van der Waals surface area contributed by atoms with Crippen LogP contribution in [-0.2, 0) is 13.0 Å². The van der Waals surface area contributed by atoms with Gasteiger partial charge < -0.3 is 19.8 Å². The van der Waals surface area contributed by atoms with Gasteiger partial charge in [0.1, 0.15) is 0 Å². The van der Waals surface area contributed by atoms with Crippen LogP contribution in [0.1, 0.15) is 11.3 Å². The molecule has 112 valence electrons. The Kier molecular flexibility index (Phi) is 3.45. The lowest BCUT2D eigenvalue weighted by Crippen LogP contribution is -2.22. The Morgan fingerprint density at radius 2 is 1.59 bits per heavy atom. The lowest BCUT2D eigenvalue weighted by molar-refractivity contribution is 0.174. The van der Waals surface area contributed by atoms with Crippen molar-refractivity contribution in [1.29, 1.82) is 0 Å². The Labute approximate surface area is 129 Å². The summed E-state index contributed by atoms with van der Waals surface area (Å²) in [7, 11) is 0. The Bertz CT molecular complexity index is 772. The highest BCUT2D eigenvalue weighted by Gasteiger charge is 2.13. The highest BCUT2D eigenvalue weighted by molar-refractivity contribution is 5.84. The van der Waals surface area contributed by atoms with Crippen molar-refractivity contribution in [2.24, 2.45) is 0 Å². The van der Waals surface area contributed by atoms with Gasteiger partial charge in [-0.1, -0.05) is 30.3 Å². The fraction of sp³-hybridized carbons (Fsp3) is 0.222. The summed E-state index contributed by atoms with van der Waals surface area (Å²) in [6.07, 6.45) is 1.15. The van der Waals surface area contributed by atoms with Crippen molar-refractivity contribution in [3.63, 3.8) is 0 Å². The monoisotopic (exact) mass is 294 g/mol. The van der Waals surface area contributed by atoms with Crippen LogP contribution in [0.25, 0.3) is 10.9 Å². The number of aromatic nitrogens is 1. The average Bonchev–Trinajstić information content (AvgIpc) is 3.19. The molecule has 0 atom stereocenters. The third kappa shape index (κ3) is 2.42. The van der Waals surface area contributed by atoms with Crippen LogP contribution < -0.4 is 14.8 Å². The van der Waals surface area contributed by atoms with E-state index >= 15 is 0 Å². The fourth-order valence-corrected chi connectivity index (χ4v) is 2.96. The van der Waals surface area contributed by atoms with Gasteiger partial charge in [0.2, 0.25) is 6.79 Å². The van der Waals surface area contributed by atoms with E-state index in [1.165, 1.54) is 22.2 Å². The minimum Gasteiger partial charge on any atom is -0.454 e. The molecule has 0 amide bonds. The standard InChI is InChI=1S/C11H12N2.C7H6O2/c1-2-4-10-8(3-1)9-5-6-12-7-11(9)13-10;1-2-4-7-6(3-1)8-5-9-7/h1-4,12-13H,5-7H2;1-4H,5H2. The van der Waals surface area contributed by atoms with E-state index in [1.807, 2.05) is 24.3 Å². The first-order valence-electron chi connectivity index (χ1n) is 7.55. The molecule has 2 aliphatic rings. The van der Waals surface area contributed by atoms with Crippen LogP contribution in [-0.4, -0.2) is 18.3 Å². The van der Waals surface area contributed by atoms with E-state index < -0.39 is 0 Å². The predicted molar refractivity (Wildman–Crippen MR) is 86.3 cm³/mol. The highest BCUT2D eigenvalue weighted by atomic mass is 16.7. The fourth-order valence-electron chi connectivity index (χ4n) is 2.96. The third-order valence-corrected chi connectivity index (χ3v) is 4.03. The first-order chi connectivity index (χ1) is 10.9. The van der Waals surface area contributed by atoms with Gasteiger partial charge in [0.25, 0.3) is 0 Å². The van der Waals surface area contributed by atoms with Gasteiger partial charge in [0, 0.05) is 23.1 Å². The van der Waals surface area contributed by atoms with Crippen molar-refractivity contribution in [3.05, 3.63) is 59.8 Å². The van der Waals surface area contributed by atoms with Crippen LogP contribution in [0, 0.1) is 0 Å². The molecule has 0 saturated heterocycles. The number of aromatic amines is 1. The van der Waals surface area contributed by atoms with E-state index in [0.717, 1.165) is 31.0 Å². The second-order valence-electron chi connectivity index (χ2n) is 5.41. The molecular weight excluding hydrogens is 276 g/mol. The number of rotatable bonds is 0. The molecule has 0 fully saturated rings. The van der Waals surface area contributed by atoms with Gasteiger partial charge >= 0.3 is 0 Å². The van der Waals surface area contributed by atoms with Crippen LogP contribution in [0.3, 0.4) is 0 Å². The second-order valence-corrected chi connectivity index (χ2v) is 5.41. The number of ether oxygens (including phenoxy) is 2. The number of para-hydroxylation sites is 3. The number of benzene rings is 2. The summed E-state index contributed by atoms with van der Waals surface area (Å²) in [5.41, 5.74) is 4.15. The molecule has 3 aromatic rings. The molecule has 2 N–H and O–H groups in total. The molecular formula is C18H18N2O2. The number of hydrogen-bond donors (Lipinski definition) is 2. The number of hydrogen-bond acceptors (Lipinski definition) is 3. The molecule has 1 aromatic heterocycles. The van der Waals surface area contributed by atoms with Gasteiger partial charge in [0.15, 0.2) is 11.5 Å². The van der Waals surface area contributed by atoms with Gasteiger partial charge in [-0.2, -0.15) is 0 Å². The molecule has 0 bridgehead atoms. The summed E-state index contributed by atoms with van der Waals surface area (Å²) in [4.78, 5) is 3.45. The zero-order valence-corrected chi connectivity index (χ0v) is 12.3. The van der Waals surface area contributed by atoms with Gasteiger partial charge in [-0.15, -0.1) is 0 Å². The highest BCUT2D eigenvalue weighted by Crippen LogP contribution is 2.30. The van der Waals surface area contributed by atoms with Gasteiger partial charge in [-0.3, -0.25) is 0 Å². The zero-order chi connectivity index (χ0) is 14.8. The lowest BCUT2D eigenvalue weighted by Gasteiger charge is -2.12. The Hall–Kier alpha value is -2.46. The van der Waals surface area contributed by atoms with Crippen molar-refractivity contribution in [3.8, 4) is 11.5 Å². The largest absolute Gasteiger partial charge is 0.454 e. The van der Waals surface area contributed by atoms with E-state index in [9.17, 15) is 0 Å². The SMILES string of the molecule is c1ccc2c(c1)OCO2.c1ccc2c3c([nH]c2c1)CNCC3. The van der Waals surface area contributed by atoms with Gasteiger partial charge in [0.05, 0.1) is 0 Å². The molecule has 5 rings (SSSR count). The van der Waals surface area contributed by atoms with Crippen molar-refractivity contribution in [2.45, 2.75) is 13.0 Å². The minimum absolute atomic E-state index is 0.360. The van der Waals surface area contributed by atoms with E-state index in [0.29, 0.717) is 6.79 Å². The maximum atomic E-state index is 5.08. The second kappa shape index (κ2) is 5.73. The van der Waals surface area contributed by atoms with Crippen LogP contribution in [0.4, 0.5) is 0 Å². The number of fused-ring (bicyclic) bond motifs is 4. The third-order valence-electron chi connectivity index (χ3n) is 4.03. The summed E-state index contributed by atoms with van der Waals surface area (Å²) in [6, 6.07) is 16.2. The predicted octanol–water partition coefficient (Wildman–Crippen LogP) is 3.23. The summed E-state index contributed by atoms with van der Waals surface area (Å²) in [6.45, 7) is 2.46. The zero-order valence-electron chi connectivity index (χ0n) is 12.3. The van der Waals surface area contributed by atoms with E-state index in [4.69, 9.17) is 9.47 Å². The molecule has 2 aliphatic heterocycles. The maximum Gasteiger partial charge on any atom is 0.231 e. The molecule has 3 heterocycles. The summed E-state index contributed by atoms with van der Waals surface area (Å²) >= 11 is 0. The van der Waals surface area contributed by atoms with Gasteiger partial charge in [-0.05, 0) is 36.7 Å². The summed E-state index contributed by atoms with van der Waals surface area (Å²) < 4.78 is 10.2. The molecule has 4 nitrogen and oxygen atoms in total. The van der Waals surface area contributed by atoms with Crippen LogP contribution in [0.15, 0.2) is 48.5 Å². The van der Waals surface area contributed by atoms with Crippen LogP contribution >= 0.6 is 0 Å². The van der Waals surface area contributed by atoms with Gasteiger partial charge in [-0.25, -0.2) is 0 Å². The van der Waals surface area contributed by atoms with E-state index in [1.54, 1.807) is 0 Å². The minimum atomic E-state index is 0.360. The average molecular weight is 294 g/mol. The Balaban J connectivity index is 0.000000122. The quantitative estimate of drug-likeness (QED) is 0.669. The van der Waals surface area contributed by atoms with E-state index in [2.05, 4.69) is 34.6 Å². The Morgan fingerprint density at radius 3 is 2.41 bits per heavy atom. The summed E-state index contributed by atoms with van der Waals surface area (Å²) in [5, 5.41) is 4.77. The van der Waals surface area contributed by atoms with Crippen molar-refractivity contribution in [2.75, 3.05) is 13.3 Å². The van der Waals surface area contributed by atoms with Crippen molar-refractivity contribution >= 4 is 10.9 Å².